The van der Waals surface area contributed by atoms with Gasteiger partial charge in [-0.2, -0.15) is 0 Å². The Morgan fingerprint density at radius 3 is 2.67 bits per heavy atom. The van der Waals surface area contributed by atoms with E-state index in [2.05, 4.69) is 47.9 Å². The maximum Gasteiger partial charge on any atom is 0.219 e. The Morgan fingerprint density at radius 1 is 1.12 bits per heavy atom. The normalized spacial score (nSPS) is 26.5. The highest BCUT2D eigenvalue weighted by molar-refractivity contribution is 5.73. The van der Waals surface area contributed by atoms with E-state index in [1.54, 1.807) is 6.92 Å². The number of hydrogen-bond donors (Lipinski definition) is 0. The SMILES string of the molecule is CC(=O)N1CCCN([C@@H]2CN(Cc3ccccc3C)C[C@H]2C)CC1. The molecular formula is C20H31N3O. The Bertz CT molecular complexity index is 574. The van der Waals surface area contributed by atoms with Gasteiger partial charge in [-0.05, 0) is 30.4 Å². The van der Waals surface area contributed by atoms with Crippen LogP contribution in [0.1, 0.15) is 31.4 Å². The van der Waals surface area contributed by atoms with Crippen LogP contribution in [0.4, 0.5) is 0 Å². The third kappa shape index (κ3) is 3.98. The largest absolute Gasteiger partial charge is 0.342 e. The van der Waals surface area contributed by atoms with Crippen LogP contribution >= 0.6 is 0 Å². The molecule has 4 nitrogen and oxygen atoms in total. The summed E-state index contributed by atoms with van der Waals surface area (Å²) in [7, 11) is 0. The molecule has 0 aliphatic carbocycles. The highest BCUT2D eigenvalue weighted by Gasteiger charge is 2.34. The molecule has 0 aromatic heterocycles. The van der Waals surface area contributed by atoms with Crippen molar-refractivity contribution in [3.8, 4) is 0 Å². The van der Waals surface area contributed by atoms with E-state index in [0.29, 0.717) is 12.0 Å². The van der Waals surface area contributed by atoms with Gasteiger partial charge in [0, 0.05) is 58.8 Å². The maximum absolute atomic E-state index is 11.6. The van der Waals surface area contributed by atoms with Gasteiger partial charge in [0.1, 0.15) is 0 Å². The van der Waals surface area contributed by atoms with Crippen molar-refractivity contribution in [2.75, 3.05) is 39.3 Å². The number of carbonyl (C=O) groups is 1. The first-order valence-corrected chi connectivity index (χ1v) is 9.31. The molecular weight excluding hydrogens is 298 g/mol. The predicted molar refractivity (Wildman–Crippen MR) is 97.9 cm³/mol. The Morgan fingerprint density at radius 2 is 1.92 bits per heavy atom. The molecule has 24 heavy (non-hydrogen) atoms. The average Bonchev–Trinajstić information content (AvgIpc) is 2.76. The highest BCUT2D eigenvalue weighted by atomic mass is 16.2. The van der Waals surface area contributed by atoms with Crippen LogP contribution in [-0.2, 0) is 11.3 Å². The number of hydrogen-bond acceptors (Lipinski definition) is 3. The zero-order valence-electron chi connectivity index (χ0n) is 15.4. The summed E-state index contributed by atoms with van der Waals surface area (Å²) in [5.41, 5.74) is 2.84. The second-order valence-corrected chi connectivity index (χ2v) is 7.56. The molecule has 2 fully saturated rings. The van der Waals surface area contributed by atoms with Gasteiger partial charge >= 0.3 is 0 Å². The average molecular weight is 329 g/mol. The molecule has 0 spiro atoms. The lowest BCUT2D eigenvalue weighted by atomic mass is 10.0. The Kier molecular flexibility index (Phi) is 5.57. The summed E-state index contributed by atoms with van der Waals surface area (Å²) in [6.45, 7) is 13.6. The fraction of sp³-hybridized carbons (Fsp3) is 0.650. The summed E-state index contributed by atoms with van der Waals surface area (Å²) in [6.07, 6.45) is 1.10. The van der Waals surface area contributed by atoms with Crippen molar-refractivity contribution in [2.24, 2.45) is 5.92 Å². The first-order chi connectivity index (χ1) is 11.5. The summed E-state index contributed by atoms with van der Waals surface area (Å²) in [5.74, 6) is 0.912. The Balaban J connectivity index is 1.59. The smallest absolute Gasteiger partial charge is 0.219 e. The van der Waals surface area contributed by atoms with Crippen molar-refractivity contribution in [2.45, 2.75) is 39.8 Å². The van der Waals surface area contributed by atoms with E-state index in [4.69, 9.17) is 0 Å². The van der Waals surface area contributed by atoms with E-state index in [1.807, 2.05) is 4.90 Å². The minimum absolute atomic E-state index is 0.220. The third-order valence-electron chi connectivity index (χ3n) is 5.75. The van der Waals surface area contributed by atoms with Gasteiger partial charge in [0.15, 0.2) is 0 Å². The van der Waals surface area contributed by atoms with Gasteiger partial charge in [-0.1, -0.05) is 31.2 Å². The van der Waals surface area contributed by atoms with Crippen LogP contribution in [-0.4, -0.2) is 65.9 Å². The van der Waals surface area contributed by atoms with Crippen molar-refractivity contribution < 1.29 is 4.79 Å². The number of likely N-dealkylation sites (tertiary alicyclic amines) is 1. The van der Waals surface area contributed by atoms with Crippen molar-refractivity contribution >= 4 is 5.91 Å². The summed E-state index contributed by atoms with van der Waals surface area (Å²) < 4.78 is 0. The number of rotatable bonds is 3. The van der Waals surface area contributed by atoms with Crippen LogP contribution in [0, 0.1) is 12.8 Å². The lowest BCUT2D eigenvalue weighted by Crippen LogP contribution is -2.42. The minimum Gasteiger partial charge on any atom is -0.342 e. The molecule has 4 heteroatoms. The van der Waals surface area contributed by atoms with Crippen LogP contribution in [0.15, 0.2) is 24.3 Å². The number of carbonyl (C=O) groups excluding carboxylic acids is 1. The van der Waals surface area contributed by atoms with Crippen LogP contribution in [0.3, 0.4) is 0 Å². The number of aryl methyl sites for hydroxylation is 1. The lowest BCUT2D eigenvalue weighted by molar-refractivity contribution is -0.128. The molecule has 2 aliphatic heterocycles. The van der Waals surface area contributed by atoms with Crippen molar-refractivity contribution in [3.63, 3.8) is 0 Å². The summed E-state index contributed by atoms with van der Waals surface area (Å²) >= 11 is 0. The van der Waals surface area contributed by atoms with Crippen LogP contribution in [0.2, 0.25) is 0 Å². The zero-order valence-corrected chi connectivity index (χ0v) is 15.4. The molecule has 3 rings (SSSR count). The van der Waals surface area contributed by atoms with Crippen molar-refractivity contribution in [1.29, 1.82) is 0 Å². The number of nitrogens with zero attached hydrogens (tertiary/aromatic N) is 3. The van der Waals surface area contributed by atoms with Gasteiger partial charge in [0.05, 0.1) is 0 Å². The topological polar surface area (TPSA) is 26.8 Å². The second-order valence-electron chi connectivity index (χ2n) is 7.56. The van der Waals surface area contributed by atoms with Gasteiger partial charge in [-0.3, -0.25) is 14.6 Å². The standard InChI is InChI=1S/C20H31N3O/c1-16-7-4-5-8-19(16)14-21-13-17(2)20(15-21)23-10-6-9-22(11-12-23)18(3)24/h4-5,7-8,17,20H,6,9-15H2,1-3H3/t17-,20-/m1/s1. The fourth-order valence-corrected chi connectivity index (χ4v) is 4.26. The molecule has 0 unspecified atom stereocenters. The first-order valence-electron chi connectivity index (χ1n) is 9.31. The molecule has 2 heterocycles. The van der Waals surface area contributed by atoms with E-state index in [-0.39, 0.29) is 5.91 Å². The van der Waals surface area contributed by atoms with E-state index in [0.717, 1.165) is 45.7 Å². The van der Waals surface area contributed by atoms with E-state index in [9.17, 15) is 4.79 Å². The zero-order chi connectivity index (χ0) is 17.1. The summed E-state index contributed by atoms with van der Waals surface area (Å²) in [5, 5.41) is 0. The molecule has 1 aromatic carbocycles. The van der Waals surface area contributed by atoms with E-state index in [1.165, 1.54) is 17.7 Å². The second kappa shape index (κ2) is 7.66. The van der Waals surface area contributed by atoms with Gasteiger partial charge < -0.3 is 4.90 Å². The summed E-state index contributed by atoms with van der Waals surface area (Å²) in [6, 6.07) is 9.35. The molecule has 1 amide bonds. The van der Waals surface area contributed by atoms with Crippen molar-refractivity contribution in [1.82, 2.24) is 14.7 Å². The quantitative estimate of drug-likeness (QED) is 0.852. The number of benzene rings is 1. The van der Waals surface area contributed by atoms with Gasteiger partial charge in [-0.15, -0.1) is 0 Å². The molecule has 0 bridgehead atoms. The molecule has 0 saturated carbocycles. The Labute approximate surface area is 146 Å². The fourth-order valence-electron chi connectivity index (χ4n) is 4.26. The Hall–Kier alpha value is -1.39. The lowest BCUT2D eigenvalue weighted by Gasteiger charge is -2.30. The molecule has 1 aromatic rings. The van der Waals surface area contributed by atoms with Gasteiger partial charge in [0.25, 0.3) is 0 Å². The van der Waals surface area contributed by atoms with Gasteiger partial charge in [-0.25, -0.2) is 0 Å². The van der Waals surface area contributed by atoms with Crippen molar-refractivity contribution in [3.05, 3.63) is 35.4 Å². The molecule has 132 valence electrons. The van der Waals surface area contributed by atoms with Crippen LogP contribution in [0.5, 0.6) is 0 Å². The third-order valence-corrected chi connectivity index (χ3v) is 5.75. The molecule has 2 atom stereocenters. The molecule has 2 aliphatic rings. The predicted octanol–water partition coefficient (Wildman–Crippen LogP) is 2.37. The first kappa shape index (κ1) is 17.4. The highest BCUT2D eigenvalue weighted by Crippen LogP contribution is 2.25. The van der Waals surface area contributed by atoms with E-state index >= 15 is 0 Å². The summed E-state index contributed by atoms with van der Waals surface area (Å²) in [4.78, 5) is 18.9. The van der Waals surface area contributed by atoms with Gasteiger partial charge in [0.2, 0.25) is 5.91 Å². The molecule has 0 radical (unpaired) electrons. The monoisotopic (exact) mass is 329 g/mol. The van der Waals surface area contributed by atoms with Crippen LogP contribution in [0.25, 0.3) is 0 Å². The maximum atomic E-state index is 11.6. The van der Waals surface area contributed by atoms with E-state index < -0.39 is 0 Å². The molecule has 2 saturated heterocycles. The van der Waals surface area contributed by atoms with Crippen LogP contribution < -0.4 is 0 Å². The minimum atomic E-state index is 0.220. The molecule has 0 N–H and O–H groups in total. The number of amides is 1.